The molecule has 1 aromatic heterocycles. The summed E-state index contributed by atoms with van der Waals surface area (Å²) in [5.74, 6) is 0. The van der Waals surface area contributed by atoms with Crippen molar-refractivity contribution in [3.8, 4) is 0 Å². The lowest BCUT2D eigenvalue weighted by Gasteiger charge is -2.31. The monoisotopic (exact) mass is 230 g/mol. The zero-order chi connectivity index (χ0) is 11.7. The average molecular weight is 230 g/mol. The van der Waals surface area contributed by atoms with Gasteiger partial charge in [0.15, 0.2) is 0 Å². The van der Waals surface area contributed by atoms with Crippen LogP contribution in [0, 0.1) is 0 Å². The molecule has 0 spiro atoms. The second-order valence-electron chi connectivity index (χ2n) is 4.84. The molecule has 4 nitrogen and oxygen atoms in total. The molecule has 1 aliphatic heterocycles. The van der Waals surface area contributed by atoms with E-state index in [0.29, 0.717) is 6.04 Å². The third-order valence-electron chi connectivity index (χ3n) is 3.41. The van der Waals surface area contributed by atoms with Crippen LogP contribution < -0.4 is 5.32 Å². The van der Waals surface area contributed by atoms with Crippen molar-refractivity contribution in [2.24, 2.45) is 0 Å². The van der Waals surface area contributed by atoms with E-state index in [-0.39, 0.29) is 0 Å². The highest BCUT2D eigenvalue weighted by Crippen LogP contribution is 2.17. The fourth-order valence-corrected chi connectivity index (χ4v) is 2.56. The molecule has 0 radical (unpaired) electrons. The standard InChI is InChI=1S/C13H18N4/c1-10-8-17(6-5-14-10)9-12-4-2-3-11-7-15-16-13(11)12/h2-4,7,10,14H,5-6,8-9H2,1H3,(H,15,16)/t10-/m1/s1. The molecule has 1 aromatic carbocycles. The van der Waals surface area contributed by atoms with E-state index in [1.807, 2.05) is 6.20 Å². The summed E-state index contributed by atoms with van der Waals surface area (Å²) < 4.78 is 0. The van der Waals surface area contributed by atoms with Crippen LogP contribution in [0.5, 0.6) is 0 Å². The van der Waals surface area contributed by atoms with Gasteiger partial charge in [0, 0.05) is 37.6 Å². The Morgan fingerprint density at radius 3 is 3.29 bits per heavy atom. The topological polar surface area (TPSA) is 44.0 Å². The number of piperazine rings is 1. The van der Waals surface area contributed by atoms with Gasteiger partial charge < -0.3 is 5.32 Å². The second-order valence-corrected chi connectivity index (χ2v) is 4.84. The number of nitrogens with one attached hydrogen (secondary N) is 2. The van der Waals surface area contributed by atoms with Crippen molar-refractivity contribution in [3.05, 3.63) is 30.0 Å². The molecule has 0 unspecified atom stereocenters. The molecule has 0 aliphatic carbocycles. The normalized spacial score (nSPS) is 22.1. The molecule has 0 saturated carbocycles. The van der Waals surface area contributed by atoms with Gasteiger partial charge in [-0.25, -0.2) is 0 Å². The first-order chi connectivity index (χ1) is 8.33. The summed E-state index contributed by atoms with van der Waals surface area (Å²) in [6.45, 7) is 6.56. The molecule has 0 amide bonds. The minimum Gasteiger partial charge on any atom is -0.312 e. The predicted octanol–water partition coefficient (Wildman–Crippen LogP) is 1.36. The average Bonchev–Trinajstić information content (AvgIpc) is 2.78. The van der Waals surface area contributed by atoms with E-state index in [0.717, 1.165) is 26.2 Å². The highest BCUT2D eigenvalue weighted by atomic mass is 15.2. The molecule has 4 heteroatoms. The van der Waals surface area contributed by atoms with Gasteiger partial charge in [0.05, 0.1) is 11.7 Å². The van der Waals surface area contributed by atoms with Crippen molar-refractivity contribution < 1.29 is 0 Å². The first-order valence-electron chi connectivity index (χ1n) is 6.19. The van der Waals surface area contributed by atoms with Crippen molar-refractivity contribution in [2.45, 2.75) is 19.5 Å². The molecule has 2 heterocycles. The zero-order valence-corrected chi connectivity index (χ0v) is 10.1. The van der Waals surface area contributed by atoms with E-state index in [2.05, 4.69) is 45.5 Å². The molecule has 1 fully saturated rings. The van der Waals surface area contributed by atoms with Crippen LogP contribution in [0.1, 0.15) is 12.5 Å². The van der Waals surface area contributed by atoms with Gasteiger partial charge in [0.2, 0.25) is 0 Å². The van der Waals surface area contributed by atoms with Crippen LogP contribution in [0.2, 0.25) is 0 Å². The van der Waals surface area contributed by atoms with E-state index in [9.17, 15) is 0 Å². The molecule has 1 saturated heterocycles. The molecular formula is C13H18N4. The van der Waals surface area contributed by atoms with Crippen LogP contribution in [0.3, 0.4) is 0 Å². The minimum absolute atomic E-state index is 0.588. The summed E-state index contributed by atoms with van der Waals surface area (Å²) in [5.41, 5.74) is 2.52. The maximum Gasteiger partial charge on any atom is 0.0695 e. The highest BCUT2D eigenvalue weighted by Gasteiger charge is 2.16. The molecular weight excluding hydrogens is 212 g/mol. The number of fused-ring (bicyclic) bond motifs is 1. The lowest BCUT2D eigenvalue weighted by atomic mass is 10.1. The number of hydrogen-bond acceptors (Lipinski definition) is 3. The molecule has 3 rings (SSSR count). The Balaban J connectivity index is 1.82. The molecule has 1 atom stereocenters. The third-order valence-corrected chi connectivity index (χ3v) is 3.41. The van der Waals surface area contributed by atoms with E-state index < -0.39 is 0 Å². The van der Waals surface area contributed by atoms with E-state index in [4.69, 9.17) is 0 Å². The summed E-state index contributed by atoms with van der Waals surface area (Å²) in [7, 11) is 0. The number of nitrogens with zero attached hydrogens (tertiary/aromatic N) is 2. The Kier molecular flexibility index (Phi) is 2.82. The summed E-state index contributed by atoms with van der Waals surface area (Å²) in [4.78, 5) is 2.50. The fraction of sp³-hybridized carbons (Fsp3) is 0.462. The Morgan fingerprint density at radius 2 is 2.41 bits per heavy atom. The maximum atomic E-state index is 4.11. The number of rotatable bonds is 2. The smallest absolute Gasteiger partial charge is 0.0695 e. The Labute approximate surface area is 101 Å². The third kappa shape index (κ3) is 2.18. The predicted molar refractivity (Wildman–Crippen MR) is 68.8 cm³/mol. The van der Waals surface area contributed by atoms with Crippen molar-refractivity contribution in [2.75, 3.05) is 19.6 Å². The number of para-hydroxylation sites is 1. The lowest BCUT2D eigenvalue weighted by Crippen LogP contribution is -2.48. The van der Waals surface area contributed by atoms with Gasteiger partial charge in [-0.1, -0.05) is 18.2 Å². The van der Waals surface area contributed by atoms with Crippen LogP contribution in [-0.2, 0) is 6.54 Å². The number of aromatic nitrogens is 2. The molecule has 0 bridgehead atoms. The van der Waals surface area contributed by atoms with Crippen LogP contribution in [0.4, 0.5) is 0 Å². The van der Waals surface area contributed by atoms with Gasteiger partial charge in [-0.05, 0) is 12.5 Å². The van der Waals surface area contributed by atoms with Gasteiger partial charge in [-0.2, -0.15) is 5.10 Å². The number of H-pyrrole nitrogens is 1. The quantitative estimate of drug-likeness (QED) is 0.818. The molecule has 90 valence electrons. The van der Waals surface area contributed by atoms with Crippen LogP contribution in [0.15, 0.2) is 24.4 Å². The Bertz CT molecular complexity index is 505. The van der Waals surface area contributed by atoms with E-state index in [1.165, 1.54) is 16.5 Å². The van der Waals surface area contributed by atoms with E-state index >= 15 is 0 Å². The van der Waals surface area contributed by atoms with Gasteiger partial charge in [-0.15, -0.1) is 0 Å². The molecule has 17 heavy (non-hydrogen) atoms. The van der Waals surface area contributed by atoms with Gasteiger partial charge in [0.1, 0.15) is 0 Å². The van der Waals surface area contributed by atoms with Crippen molar-refractivity contribution in [1.82, 2.24) is 20.4 Å². The minimum atomic E-state index is 0.588. The van der Waals surface area contributed by atoms with Crippen LogP contribution in [0.25, 0.3) is 10.9 Å². The van der Waals surface area contributed by atoms with Gasteiger partial charge in [-0.3, -0.25) is 10.00 Å². The Hall–Kier alpha value is -1.39. The fourth-order valence-electron chi connectivity index (χ4n) is 2.56. The largest absolute Gasteiger partial charge is 0.312 e. The zero-order valence-electron chi connectivity index (χ0n) is 10.1. The Morgan fingerprint density at radius 1 is 1.47 bits per heavy atom. The second kappa shape index (κ2) is 4.47. The van der Waals surface area contributed by atoms with Crippen molar-refractivity contribution >= 4 is 10.9 Å². The first-order valence-corrected chi connectivity index (χ1v) is 6.19. The van der Waals surface area contributed by atoms with E-state index in [1.54, 1.807) is 0 Å². The van der Waals surface area contributed by atoms with Gasteiger partial charge in [0.25, 0.3) is 0 Å². The number of hydrogen-bond donors (Lipinski definition) is 2. The van der Waals surface area contributed by atoms with Gasteiger partial charge >= 0.3 is 0 Å². The highest BCUT2D eigenvalue weighted by molar-refractivity contribution is 5.81. The SMILES string of the molecule is C[C@@H]1CN(Cc2cccc3cn[nH]c23)CCN1. The summed E-state index contributed by atoms with van der Waals surface area (Å²) in [6.07, 6.45) is 1.89. The molecule has 2 aromatic rings. The van der Waals surface area contributed by atoms with Crippen LogP contribution >= 0.6 is 0 Å². The van der Waals surface area contributed by atoms with Crippen molar-refractivity contribution in [1.29, 1.82) is 0 Å². The van der Waals surface area contributed by atoms with Crippen molar-refractivity contribution in [3.63, 3.8) is 0 Å². The molecule has 1 aliphatic rings. The molecule has 2 N–H and O–H groups in total. The van der Waals surface area contributed by atoms with Crippen LogP contribution in [-0.4, -0.2) is 40.8 Å². The lowest BCUT2D eigenvalue weighted by molar-refractivity contribution is 0.200. The first kappa shape index (κ1) is 10.7. The summed E-state index contributed by atoms with van der Waals surface area (Å²) >= 11 is 0. The number of benzene rings is 1. The maximum absolute atomic E-state index is 4.11. The summed E-state index contributed by atoms with van der Waals surface area (Å²) in [5, 5.41) is 11.9. The number of aromatic amines is 1. The summed E-state index contributed by atoms with van der Waals surface area (Å²) in [6, 6.07) is 6.99.